The number of hydrogen-bond acceptors (Lipinski definition) is 6. The number of amides is 2. The number of carbonyl (C=O) groups excluding carboxylic acids is 2. The Hall–Kier alpha value is -1.32. The van der Waals surface area contributed by atoms with Gasteiger partial charge in [0.2, 0.25) is 0 Å². The number of cyclic esters (lactones) is 1. The van der Waals surface area contributed by atoms with Gasteiger partial charge >= 0.3 is 6.09 Å². The van der Waals surface area contributed by atoms with Crippen molar-refractivity contribution in [1.82, 2.24) is 9.80 Å². The highest BCUT2D eigenvalue weighted by molar-refractivity contribution is 7.91. The summed E-state index contributed by atoms with van der Waals surface area (Å²) in [6, 6.07) is 0.0634. The van der Waals surface area contributed by atoms with Crippen molar-refractivity contribution in [2.45, 2.75) is 43.2 Å². The Bertz CT molecular complexity index is 815. The molecule has 1 unspecified atom stereocenters. The molecule has 1 aromatic heterocycles. The predicted molar refractivity (Wildman–Crippen MR) is 98.6 cm³/mol. The third kappa shape index (κ3) is 3.70. The Morgan fingerprint density at radius 3 is 2.54 bits per heavy atom. The van der Waals surface area contributed by atoms with Crippen LogP contribution in [0.5, 0.6) is 0 Å². The molecule has 7 nitrogen and oxygen atoms in total. The summed E-state index contributed by atoms with van der Waals surface area (Å²) in [5, 5.41) is 1.40. The summed E-state index contributed by atoms with van der Waals surface area (Å²) in [6.45, 7) is 3.57. The summed E-state index contributed by atoms with van der Waals surface area (Å²) in [5.74, 6) is -0.260. The molecule has 1 aromatic rings. The molecule has 0 N–H and O–H groups in total. The average molecular weight is 421 g/mol. The quantitative estimate of drug-likeness (QED) is 0.747. The van der Waals surface area contributed by atoms with E-state index in [-0.39, 0.29) is 38.9 Å². The molecule has 1 atom stereocenters. The Kier molecular flexibility index (Phi) is 5.50. The van der Waals surface area contributed by atoms with Gasteiger partial charge in [0.1, 0.15) is 11.0 Å². The molecule has 2 aliphatic heterocycles. The minimum atomic E-state index is -3.46. The highest BCUT2D eigenvalue weighted by Gasteiger charge is 2.37. The first-order valence-corrected chi connectivity index (χ1v) is 11.6. The van der Waals surface area contributed by atoms with Crippen molar-refractivity contribution in [2.24, 2.45) is 0 Å². The molecule has 0 spiro atoms. The van der Waals surface area contributed by atoms with Gasteiger partial charge in [-0.1, -0.05) is 18.5 Å². The number of rotatable bonds is 4. The highest BCUT2D eigenvalue weighted by atomic mass is 35.5. The number of ether oxygens (including phenoxy) is 1. The largest absolute Gasteiger partial charge is 0.444 e. The van der Waals surface area contributed by atoms with Gasteiger partial charge in [0.15, 0.2) is 9.84 Å². The van der Waals surface area contributed by atoms with Crippen LogP contribution < -0.4 is 0 Å². The maximum absolute atomic E-state index is 12.7. The van der Waals surface area contributed by atoms with Crippen molar-refractivity contribution in [3.05, 3.63) is 15.3 Å². The number of piperidine rings is 1. The molecule has 2 saturated heterocycles. The Morgan fingerprint density at radius 1 is 1.38 bits per heavy atom. The number of hydrogen-bond donors (Lipinski definition) is 0. The molecule has 3 rings (SSSR count). The first-order valence-electron chi connectivity index (χ1n) is 8.46. The van der Waals surface area contributed by atoms with Crippen molar-refractivity contribution in [3.63, 3.8) is 0 Å². The Morgan fingerprint density at radius 2 is 2.04 bits per heavy atom. The number of likely N-dealkylation sites (tertiary alicyclic amines) is 1. The van der Waals surface area contributed by atoms with E-state index in [9.17, 15) is 18.0 Å². The van der Waals surface area contributed by atoms with E-state index >= 15 is 0 Å². The van der Waals surface area contributed by atoms with E-state index < -0.39 is 9.84 Å². The van der Waals surface area contributed by atoms with Crippen LogP contribution in [-0.4, -0.2) is 68.3 Å². The molecule has 2 amide bonds. The molecule has 0 aliphatic carbocycles. The van der Waals surface area contributed by atoms with Gasteiger partial charge in [0, 0.05) is 30.8 Å². The van der Waals surface area contributed by atoms with E-state index in [1.54, 1.807) is 9.80 Å². The maximum atomic E-state index is 12.7. The second kappa shape index (κ2) is 7.36. The van der Waals surface area contributed by atoms with E-state index in [4.69, 9.17) is 16.3 Å². The van der Waals surface area contributed by atoms with Crippen LogP contribution in [0.1, 0.15) is 35.9 Å². The smallest absolute Gasteiger partial charge is 0.410 e. The molecule has 3 heterocycles. The lowest BCUT2D eigenvalue weighted by Gasteiger charge is -2.35. The third-order valence-electron chi connectivity index (χ3n) is 4.84. The van der Waals surface area contributed by atoms with Crippen LogP contribution in [0.25, 0.3) is 0 Å². The summed E-state index contributed by atoms with van der Waals surface area (Å²) < 4.78 is 28.7. The molecule has 144 valence electrons. The summed E-state index contributed by atoms with van der Waals surface area (Å²) >= 11 is 7.17. The third-order valence-corrected chi connectivity index (χ3v) is 7.70. The number of sulfone groups is 1. The fraction of sp³-hybridized carbons (Fsp3) is 0.625. The number of carbonyl (C=O) groups is 2. The van der Waals surface area contributed by atoms with Crippen LogP contribution in [0.15, 0.2) is 10.3 Å². The second-order valence-corrected chi connectivity index (χ2v) is 9.85. The molecule has 2 aliphatic rings. The van der Waals surface area contributed by atoms with Gasteiger partial charge in [-0.15, -0.1) is 11.3 Å². The van der Waals surface area contributed by atoms with Crippen LogP contribution >= 0.6 is 22.9 Å². The lowest BCUT2D eigenvalue weighted by molar-refractivity contribution is 0.0663. The highest BCUT2D eigenvalue weighted by Crippen LogP contribution is 2.33. The zero-order valence-corrected chi connectivity index (χ0v) is 17.0. The van der Waals surface area contributed by atoms with Crippen LogP contribution in [0.4, 0.5) is 4.79 Å². The second-order valence-electron chi connectivity index (χ2n) is 6.60. The SMILES string of the molecule is CCC1CN(C2CCN(C(=O)c3scc(S(C)(=O)=O)c3Cl)CC2)C(=O)O1. The average Bonchev–Trinajstić information content (AvgIpc) is 3.17. The lowest BCUT2D eigenvalue weighted by atomic mass is 10.0. The van der Waals surface area contributed by atoms with E-state index in [1.807, 2.05) is 6.92 Å². The van der Waals surface area contributed by atoms with Gasteiger partial charge in [-0.25, -0.2) is 13.2 Å². The standard InChI is InChI=1S/C16H21ClN2O5S2/c1-3-11-8-19(16(21)24-11)10-4-6-18(7-5-10)15(20)14-13(17)12(9-25-14)26(2,22)23/h9-11H,3-8H2,1-2H3. The number of nitrogens with zero attached hydrogens (tertiary/aromatic N) is 2. The van der Waals surface area contributed by atoms with E-state index in [0.29, 0.717) is 32.5 Å². The Balaban J connectivity index is 1.64. The maximum Gasteiger partial charge on any atom is 0.410 e. The molecule has 0 saturated carbocycles. The van der Waals surface area contributed by atoms with Gasteiger partial charge in [-0.2, -0.15) is 0 Å². The van der Waals surface area contributed by atoms with Crippen molar-refractivity contribution in [3.8, 4) is 0 Å². The normalized spacial score (nSPS) is 22.0. The zero-order valence-electron chi connectivity index (χ0n) is 14.6. The van der Waals surface area contributed by atoms with Gasteiger partial charge < -0.3 is 14.5 Å². The zero-order chi connectivity index (χ0) is 19.1. The summed E-state index contributed by atoms with van der Waals surface area (Å²) in [5.41, 5.74) is 0. The molecule has 0 radical (unpaired) electrons. The van der Waals surface area contributed by atoms with E-state index in [0.717, 1.165) is 24.0 Å². The molecule has 2 fully saturated rings. The predicted octanol–water partition coefficient (Wildman–Crippen LogP) is 2.64. The van der Waals surface area contributed by atoms with Gasteiger partial charge in [-0.05, 0) is 19.3 Å². The number of thiophene rings is 1. The molecule has 0 aromatic carbocycles. The van der Waals surface area contributed by atoms with Gasteiger partial charge in [0.25, 0.3) is 5.91 Å². The van der Waals surface area contributed by atoms with Crippen molar-refractivity contribution in [2.75, 3.05) is 25.9 Å². The summed E-state index contributed by atoms with van der Waals surface area (Å²) in [4.78, 5) is 28.3. The van der Waals surface area contributed by atoms with Crippen LogP contribution in [0, 0.1) is 0 Å². The van der Waals surface area contributed by atoms with Gasteiger partial charge in [0.05, 0.1) is 16.5 Å². The molecule has 0 bridgehead atoms. The molecular weight excluding hydrogens is 400 g/mol. The minimum absolute atomic E-state index is 0.00136. The molecular formula is C16H21ClN2O5S2. The number of halogens is 1. The fourth-order valence-corrected chi connectivity index (χ4v) is 6.17. The van der Waals surface area contributed by atoms with Crippen LogP contribution in [0.2, 0.25) is 5.02 Å². The van der Waals surface area contributed by atoms with Gasteiger partial charge in [-0.3, -0.25) is 4.79 Å². The Labute approximate surface area is 161 Å². The minimum Gasteiger partial charge on any atom is -0.444 e. The first kappa shape index (κ1) is 19.4. The fourth-order valence-electron chi connectivity index (χ4n) is 3.30. The topological polar surface area (TPSA) is 84.0 Å². The van der Waals surface area contributed by atoms with Crippen molar-refractivity contribution >= 4 is 44.8 Å². The van der Waals surface area contributed by atoms with E-state index in [1.165, 1.54) is 5.38 Å². The van der Waals surface area contributed by atoms with Crippen molar-refractivity contribution in [1.29, 1.82) is 0 Å². The van der Waals surface area contributed by atoms with Crippen molar-refractivity contribution < 1.29 is 22.7 Å². The lowest BCUT2D eigenvalue weighted by Crippen LogP contribution is -2.47. The molecule has 10 heteroatoms. The first-order chi connectivity index (χ1) is 12.2. The van der Waals surface area contributed by atoms with Crippen LogP contribution in [-0.2, 0) is 14.6 Å². The molecule has 26 heavy (non-hydrogen) atoms. The summed E-state index contributed by atoms with van der Waals surface area (Å²) in [6.07, 6.45) is 2.86. The monoisotopic (exact) mass is 420 g/mol. The van der Waals surface area contributed by atoms with E-state index in [2.05, 4.69) is 0 Å². The summed E-state index contributed by atoms with van der Waals surface area (Å²) in [7, 11) is -3.46. The van der Waals surface area contributed by atoms with Crippen LogP contribution in [0.3, 0.4) is 0 Å².